The van der Waals surface area contributed by atoms with Crippen LogP contribution in [0.25, 0.3) is 0 Å². The minimum Gasteiger partial charge on any atom is -0.497 e. The van der Waals surface area contributed by atoms with Crippen molar-refractivity contribution in [1.82, 2.24) is 9.99 Å². The molecular weight excluding hydrogens is 254 g/mol. The van der Waals surface area contributed by atoms with E-state index in [0.29, 0.717) is 11.3 Å². The maximum absolute atomic E-state index is 11.9. The first-order valence-electron chi connectivity index (χ1n) is 6.21. The second kappa shape index (κ2) is 6.06. The molecule has 1 heterocycles. The van der Waals surface area contributed by atoms with Crippen LogP contribution in [0, 0.1) is 6.92 Å². The van der Waals surface area contributed by atoms with Crippen LogP contribution < -0.4 is 10.2 Å². The van der Waals surface area contributed by atoms with E-state index >= 15 is 0 Å². The number of hydrogen-bond acceptors (Lipinski definition) is 3. The van der Waals surface area contributed by atoms with E-state index in [-0.39, 0.29) is 5.91 Å². The Kier molecular flexibility index (Phi) is 4.20. The molecule has 1 aromatic carbocycles. The van der Waals surface area contributed by atoms with Gasteiger partial charge in [0.25, 0.3) is 5.91 Å². The molecule has 104 valence electrons. The maximum Gasteiger partial charge on any atom is 0.271 e. The van der Waals surface area contributed by atoms with Crippen LogP contribution in [0.3, 0.4) is 0 Å². The molecule has 0 aliphatic heterocycles. The first-order chi connectivity index (χ1) is 9.61. The molecule has 0 saturated carbocycles. The molecule has 1 N–H and O–H groups in total. The van der Waals surface area contributed by atoms with Crippen molar-refractivity contribution in [1.29, 1.82) is 0 Å². The number of ether oxygens (including phenoxy) is 1. The fraction of sp³-hybridized carbons (Fsp3) is 0.200. The van der Waals surface area contributed by atoms with Crippen molar-refractivity contribution in [3.05, 3.63) is 53.3 Å². The molecule has 0 fully saturated rings. The summed E-state index contributed by atoms with van der Waals surface area (Å²) in [5.41, 5.74) is 5.09. The molecule has 0 spiro atoms. The fourth-order valence-electron chi connectivity index (χ4n) is 1.73. The van der Waals surface area contributed by atoms with Gasteiger partial charge in [0.15, 0.2) is 0 Å². The van der Waals surface area contributed by atoms with Crippen LogP contribution >= 0.6 is 0 Å². The number of rotatable bonds is 4. The second-order valence-corrected chi connectivity index (χ2v) is 4.39. The van der Waals surface area contributed by atoms with Gasteiger partial charge in [0.2, 0.25) is 0 Å². The second-order valence-electron chi connectivity index (χ2n) is 4.39. The lowest BCUT2D eigenvalue weighted by Crippen LogP contribution is -2.17. The quantitative estimate of drug-likeness (QED) is 0.684. The van der Waals surface area contributed by atoms with Crippen molar-refractivity contribution in [3.63, 3.8) is 0 Å². The molecule has 0 aliphatic rings. The minimum atomic E-state index is -0.255. The van der Waals surface area contributed by atoms with Crippen molar-refractivity contribution >= 4 is 12.1 Å². The van der Waals surface area contributed by atoms with Gasteiger partial charge in [0, 0.05) is 18.3 Å². The zero-order valence-corrected chi connectivity index (χ0v) is 11.8. The number of nitrogens with one attached hydrogen (secondary N) is 1. The smallest absolute Gasteiger partial charge is 0.271 e. The van der Waals surface area contributed by atoms with Gasteiger partial charge < -0.3 is 9.30 Å². The number of carbonyl (C=O) groups is 1. The largest absolute Gasteiger partial charge is 0.497 e. The predicted octanol–water partition coefficient (Wildman–Crippen LogP) is 2.11. The Morgan fingerprint density at radius 2 is 1.95 bits per heavy atom. The van der Waals surface area contributed by atoms with Crippen LogP contribution in [-0.4, -0.2) is 23.8 Å². The van der Waals surface area contributed by atoms with Gasteiger partial charge in [-0.15, -0.1) is 0 Å². The zero-order valence-electron chi connectivity index (χ0n) is 11.8. The molecule has 0 radical (unpaired) electrons. The summed E-state index contributed by atoms with van der Waals surface area (Å²) in [5.74, 6) is 0.458. The Labute approximate surface area is 117 Å². The molecule has 0 unspecified atom stereocenters. The summed E-state index contributed by atoms with van der Waals surface area (Å²) in [6, 6.07) is 10.8. The summed E-state index contributed by atoms with van der Waals surface area (Å²) in [4.78, 5) is 11.9. The van der Waals surface area contributed by atoms with Crippen molar-refractivity contribution < 1.29 is 9.53 Å². The van der Waals surface area contributed by atoms with Crippen molar-refractivity contribution in [2.45, 2.75) is 6.92 Å². The Hall–Kier alpha value is -2.56. The molecule has 5 nitrogen and oxygen atoms in total. The van der Waals surface area contributed by atoms with Crippen LogP contribution in [0.4, 0.5) is 0 Å². The van der Waals surface area contributed by atoms with Gasteiger partial charge in [-0.25, -0.2) is 5.43 Å². The SMILES string of the molecule is COc1ccc(C(=O)N/N=C/c2ccc(C)n2C)cc1. The lowest BCUT2D eigenvalue weighted by molar-refractivity contribution is 0.0955. The summed E-state index contributed by atoms with van der Waals surface area (Å²) in [6.45, 7) is 2.01. The van der Waals surface area contributed by atoms with E-state index in [1.54, 1.807) is 37.6 Å². The fourth-order valence-corrected chi connectivity index (χ4v) is 1.73. The van der Waals surface area contributed by atoms with Gasteiger partial charge in [0.05, 0.1) is 19.0 Å². The maximum atomic E-state index is 11.9. The third kappa shape index (κ3) is 3.06. The Morgan fingerprint density at radius 3 is 2.50 bits per heavy atom. The Morgan fingerprint density at radius 1 is 1.25 bits per heavy atom. The van der Waals surface area contributed by atoms with Crippen molar-refractivity contribution in [3.8, 4) is 5.75 Å². The molecule has 0 atom stereocenters. The monoisotopic (exact) mass is 271 g/mol. The number of carbonyl (C=O) groups excluding carboxylic acids is 1. The number of nitrogens with zero attached hydrogens (tertiary/aromatic N) is 2. The summed E-state index contributed by atoms with van der Waals surface area (Å²) in [5, 5.41) is 3.96. The van der Waals surface area contributed by atoms with Gasteiger partial charge >= 0.3 is 0 Å². The molecule has 2 rings (SSSR count). The number of amides is 1. The first-order valence-corrected chi connectivity index (χ1v) is 6.21. The van der Waals surface area contributed by atoms with E-state index in [1.807, 2.05) is 30.7 Å². The third-order valence-electron chi connectivity index (χ3n) is 3.13. The number of hydrazone groups is 1. The topological polar surface area (TPSA) is 55.6 Å². The molecule has 2 aromatic rings. The standard InChI is InChI=1S/C15H17N3O2/c1-11-4-7-13(18(11)2)10-16-17-15(19)12-5-8-14(20-3)9-6-12/h4-10H,1-3H3,(H,17,19)/b16-10+. The Balaban J connectivity index is 1.99. The van der Waals surface area contributed by atoms with Gasteiger partial charge in [0.1, 0.15) is 5.75 Å². The molecule has 5 heteroatoms. The Bertz CT molecular complexity index is 627. The first kappa shape index (κ1) is 13.9. The summed E-state index contributed by atoms with van der Waals surface area (Å²) < 4.78 is 7.03. The number of aromatic nitrogens is 1. The van der Waals surface area contributed by atoms with Gasteiger partial charge in [-0.2, -0.15) is 5.10 Å². The summed E-state index contributed by atoms with van der Waals surface area (Å²) in [7, 11) is 3.53. The van der Waals surface area contributed by atoms with E-state index in [0.717, 1.165) is 11.4 Å². The average molecular weight is 271 g/mol. The van der Waals surface area contributed by atoms with Gasteiger partial charge in [-0.3, -0.25) is 4.79 Å². The lowest BCUT2D eigenvalue weighted by atomic mass is 10.2. The van der Waals surface area contributed by atoms with Crippen LogP contribution in [0.15, 0.2) is 41.5 Å². The van der Waals surface area contributed by atoms with Crippen LogP contribution in [0.5, 0.6) is 5.75 Å². The molecule has 0 bridgehead atoms. The zero-order chi connectivity index (χ0) is 14.5. The average Bonchev–Trinajstić information content (AvgIpc) is 2.79. The molecule has 0 aliphatic carbocycles. The summed E-state index contributed by atoms with van der Waals surface area (Å²) >= 11 is 0. The number of benzene rings is 1. The number of aryl methyl sites for hydroxylation is 1. The van der Waals surface area contributed by atoms with E-state index in [2.05, 4.69) is 10.5 Å². The highest BCUT2D eigenvalue weighted by molar-refractivity contribution is 5.94. The molecule has 1 aromatic heterocycles. The molecule has 0 saturated heterocycles. The van der Waals surface area contributed by atoms with Gasteiger partial charge in [-0.1, -0.05) is 0 Å². The third-order valence-corrected chi connectivity index (χ3v) is 3.13. The molecule has 20 heavy (non-hydrogen) atoms. The summed E-state index contributed by atoms with van der Waals surface area (Å²) in [6.07, 6.45) is 1.62. The van der Waals surface area contributed by atoms with Crippen LogP contribution in [-0.2, 0) is 7.05 Å². The van der Waals surface area contributed by atoms with Crippen LogP contribution in [0.1, 0.15) is 21.7 Å². The normalized spacial score (nSPS) is 10.8. The van der Waals surface area contributed by atoms with Gasteiger partial charge in [-0.05, 0) is 43.3 Å². The lowest BCUT2D eigenvalue weighted by Gasteiger charge is -2.02. The number of hydrogen-bond donors (Lipinski definition) is 1. The highest BCUT2D eigenvalue weighted by Crippen LogP contribution is 2.11. The highest BCUT2D eigenvalue weighted by atomic mass is 16.5. The van der Waals surface area contributed by atoms with Crippen LogP contribution in [0.2, 0.25) is 0 Å². The highest BCUT2D eigenvalue weighted by Gasteiger charge is 2.04. The van der Waals surface area contributed by atoms with Crippen molar-refractivity contribution in [2.24, 2.45) is 12.1 Å². The van der Waals surface area contributed by atoms with E-state index in [9.17, 15) is 4.79 Å². The van der Waals surface area contributed by atoms with E-state index < -0.39 is 0 Å². The predicted molar refractivity (Wildman–Crippen MR) is 78.2 cm³/mol. The molecule has 1 amide bonds. The van der Waals surface area contributed by atoms with E-state index in [4.69, 9.17) is 4.74 Å². The van der Waals surface area contributed by atoms with E-state index in [1.165, 1.54) is 0 Å². The minimum absolute atomic E-state index is 0.255. The van der Waals surface area contributed by atoms with Crippen molar-refractivity contribution in [2.75, 3.05) is 7.11 Å². The molecular formula is C15H17N3O2. The number of methoxy groups -OCH3 is 1.